The number of phenolic OH excluding ortho intramolecular Hbond substituents is 1. The molecule has 2 aromatic rings. The molecule has 0 aliphatic rings. The fourth-order valence-electron chi connectivity index (χ4n) is 1.81. The van der Waals surface area contributed by atoms with Gasteiger partial charge in [-0.2, -0.15) is 0 Å². The van der Waals surface area contributed by atoms with E-state index in [9.17, 15) is 9.90 Å². The highest BCUT2D eigenvalue weighted by atomic mass is 35.5. The summed E-state index contributed by atoms with van der Waals surface area (Å²) in [6, 6.07) is 11.8. The van der Waals surface area contributed by atoms with E-state index in [0.29, 0.717) is 23.7 Å². The first-order valence-electron chi connectivity index (χ1n) is 6.17. The van der Waals surface area contributed by atoms with E-state index >= 15 is 0 Å². The van der Waals surface area contributed by atoms with Crippen LogP contribution in [0, 0.1) is 0 Å². The van der Waals surface area contributed by atoms with Gasteiger partial charge in [0, 0.05) is 17.3 Å². The summed E-state index contributed by atoms with van der Waals surface area (Å²) in [5.41, 5.74) is 7.40. The number of hydrogen-bond donors (Lipinski definition) is 3. The number of nitrogens with two attached hydrogens (primary N) is 1. The van der Waals surface area contributed by atoms with Gasteiger partial charge in [-0.3, -0.25) is 4.79 Å². The molecule has 0 fully saturated rings. The second-order valence-electron chi connectivity index (χ2n) is 4.40. The van der Waals surface area contributed by atoms with Crippen LogP contribution in [0.15, 0.2) is 42.5 Å². The summed E-state index contributed by atoms with van der Waals surface area (Å²) in [5.74, 6) is -0.283. The molecule has 104 valence electrons. The van der Waals surface area contributed by atoms with Crippen molar-refractivity contribution in [3.8, 4) is 5.75 Å². The van der Waals surface area contributed by atoms with Gasteiger partial charge in [0.1, 0.15) is 5.75 Å². The van der Waals surface area contributed by atoms with Crippen molar-refractivity contribution in [2.24, 2.45) is 0 Å². The van der Waals surface area contributed by atoms with E-state index in [4.69, 9.17) is 17.3 Å². The van der Waals surface area contributed by atoms with Gasteiger partial charge in [0.25, 0.3) is 5.91 Å². The van der Waals surface area contributed by atoms with Crippen LogP contribution >= 0.6 is 11.6 Å². The third kappa shape index (κ3) is 3.65. The first-order chi connectivity index (χ1) is 9.56. The van der Waals surface area contributed by atoms with Crippen LogP contribution in [0.5, 0.6) is 5.75 Å². The van der Waals surface area contributed by atoms with Gasteiger partial charge in [-0.05, 0) is 42.3 Å². The van der Waals surface area contributed by atoms with Crippen LogP contribution in [0.4, 0.5) is 5.69 Å². The van der Waals surface area contributed by atoms with Crippen molar-refractivity contribution in [1.82, 2.24) is 5.32 Å². The van der Waals surface area contributed by atoms with Crippen LogP contribution in [-0.2, 0) is 6.42 Å². The lowest BCUT2D eigenvalue weighted by Crippen LogP contribution is -2.26. The van der Waals surface area contributed by atoms with Crippen LogP contribution in [0.2, 0.25) is 5.02 Å². The Bertz CT molecular complexity index is 612. The van der Waals surface area contributed by atoms with Crippen LogP contribution in [0.25, 0.3) is 0 Å². The zero-order valence-corrected chi connectivity index (χ0v) is 11.5. The summed E-state index contributed by atoms with van der Waals surface area (Å²) < 4.78 is 0. The van der Waals surface area contributed by atoms with Crippen molar-refractivity contribution in [3.05, 3.63) is 58.6 Å². The van der Waals surface area contributed by atoms with Crippen molar-refractivity contribution >= 4 is 23.2 Å². The number of benzene rings is 2. The number of phenols is 1. The minimum absolute atomic E-state index is 0.0158. The third-order valence-corrected chi connectivity index (χ3v) is 3.15. The van der Waals surface area contributed by atoms with Gasteiger partial charge in [-0.1, -0.05) is 23.7 Å². The quantitative estimate of drug-likeness (QED) is 0.598. The molecule has 0 saturated carbocycles. The summed E-state index contributed by atoms with van der Waals surface area (Å²) >= 11 is 5.80. The number of nitrogen functional groups attached to an aromatic ring is 1. The molecule has 4 nitrogen and oxygen atoms in total. The summed E-state index contributed by atoms with van der Waals surface area (Å²) in [5, 5.41) is 12.8. The van der Waals surface area contributed by atoms with Gasteiger partial charge in [-0.15, -0.1) is 0 Å². The topological polar surface area (TPSA) is 75.3 Å². The molecule has 0 radical (unpaired) electrons. The Morgan fingerprint density at radius 1 is 1.20 bits per heavy atom. The van der Waals surface area contributed by atoms with Crippen LogP contribution in [0.1, 0.15) is 15.9 Å². The van der Waals surface area contributed by atoms with E-state index < -0.39 is 0 Å². The number of nitrogens with one attached hydrogen (secondary N) is 1. The molecule has 0 spiro atoms. The molecule has 5 heteroatoms. The summed E-state index contributed by atoms with van der Waals surface area (Å²) in [6.07, 6.45) is 0.696. The van der Waals surface area contributed by atoms with Crippen LogP contribution in [0.3, 0.4) is 0 Å². The first kappa shape index (κ1) is 14.2. The number of halogens is 1. The first-order valence-corrected chi connectivity index (χ1v) is 6.55. The van der Waals surface area contributed by atoms with Gasteiger partial charge in [0.2, 0.25) is 0 Å². The van der Waals surface area contributed by atoms with Crippen molar-refractivity contribution in [2.75, 3.05) is 12.3 Å². The molecule has 1 amide bonds. The van der Waals surface area contributed by atoms with Crippen molar-refractivity contribution in [1.29, 1.82) is 0 Å². The van der Waals surface area contributed by atoms with E-state index in [1.54, 1.807) is 0 Å². The monoisotopic (exact) mass is 290 g/mol. The molecule has 0 aliphatic heterocycles. The third-order valence-electron chi connectivity index (χ3n) is 2.89. The van der Waals surface area contributed by atoms with E-state index in [-0.39, 0.29) is 17.2 Å². The van der Waals surface area contributed by atoms with Crippen molar-refractivity contribution in [3.63, 3.8) is 0 Å². The Kier molecular flexibility index (Phi) is 4.48. The maximum atomic E-state index is 11.9. The van der Waals surface area contributed by atoms with Crippen LogP contribution < -0.4 is 11.1 Å². The van der Waals surface area contributed by atoms with Gasteiger partial charge in [-0.25, -0.2) is 0 Å². The van der Waals surface area contributed by atoms with Gasteiger partial charge in [0.15, 0.2) is 0 Å². The summed E-state index contributed by atoms with van der Waals surface area (Å²) in [4.78, 5) is 11.9. The number of anilines is 1. The number of carbonyl (C=O) groups is 1. The Morgan fingerprint density at radius 2 is 1.90 bits per heavy atom. The number of aromatic hydroxyl groups is 1. The molecule has 0 aliphatic carbocycles. The van der Waals surface area contributed by atoms with Gasteiger partial charge >= 0.3 is 0 Å². The van der Waals surface area contributed by atoms with Crippen molar-refractivity contribution < 1.29 is 9.90 Å². The molecule has 20 heavy (non-hydrogen) atoms. The Balaban J connectivity index is 1.92. The fraction of sp³-hybridized carbons (Fsp3) is 0.133. The van der Waals surface area contributed by atoms with Crippen molar-refractivity contribution in [2.45, 2.75) is 6.42 Å². The number of amides is 1. The fourth-order valence-corrected chi connectivity index (χ4v) is 1.93. The SMILES string of the molecule is Nc1ccc(O)cc1C(=O)NCCc1ccc(Cl)cc1. The molecule has 0 unspecified atom stereocenters. The summed E-state index contributed by atoms with van der Waals surface area (Å²) in [6.45, 7) is 0.482. The normalized spacial score (nSPS) is 10.2. The van der Waals surface area contributed by atoms with E-state index in [2.05, 4.69) is 5.32 Å². The Hall–Kier alpha value is -2.20. The minimum atomic E-state index is -0.299. The summed E-state index contributed by atoms with van der Waals surface area (Å²) in [7, 11) is 0. The van der Waals surface area contributed by atoms with E-state index in [1.165, 1.54) is 18.2 Å². The van der Waals surface area contributed by atoms with Gasteiger partial charge < -0.3 is 16.2 Å². The standard InChI is InChI=1S/C15H15ClN2O2/c16-11-3-1-10(2-4-11)7-8-18-15(20)13-9-12(19)5-6-14(13)17/h1-6,9,19H,7-8,17H2,(H,18,20). The molecular formula is C15H15ClN2O2. The zero-order chi connectivity index (χ0) is 14.5. The molecule has 2 aromatic carbocycles. The average molecular weight is 291 g/mol. The molecule has 4 N–H and O–H groups in total. The zero-order valence-electron chi connectivity index (χ0n) is 10.8. The molecule has 2 rings (SSSR count). The predicted molar refractivity (Wildman–Crippen MR) is 80.0 cm³/mol. The Morgan fingerprint density at radius 3 is 2.60 bits per heavy atom. The highest BCUT2D eigenvalue weighted by molar-refractivity contribution is 6.30. The predicted octanol–water partition coefficient (Wildman–Crippen LogP) is 2.60. The van der Waals surface area contributed by atoms with Gasteiger partial charge in [0.05, 0.1) is 5.56 Å². The second-order valence-corrected chi connectivity index (χ2v) is 4.84. The lowest BCUT2D eigenvalue weighted by molar-refractivity contribution is 0.0954. The lowest BCUT2D eigenvalue weighted by Gasteiger charge is -2.08. The molecule has 0 heterocycles. The molecule has 0 bridgehead atoms. The number of hydrogen-bond acceptors (Lipinski definition) is 3. The molecule has 0 saturated heterocycles. The highest BCUT2D eigenvalue weighted by Crippen LogP contribution is 2.18. The maximum absolute atomic E-state index is 11.9. The minimum Gasteiger partial charge on any atom is -0.508 e. The lowest BCUT2D eigenvalue weighted by atomic mass is 10.1. The molecule has 0 atom stereocenters. The largest absolute Gasteiger partial charge is 0.508 e. The maximum Gasteiger partial charge on any atom is 0.253 e. The number of carbonyl (C=O) groups excluding carboxylic acids is 1. The highest BCUT2D eigenvalue weighted by Gasteiger charge is 2.09. The smallest absolute Gasteiger partial charge is 0.253 e. The number of rotatable bonds is 4. The van der Waals surface area contributed by atoms with E-state index in [0.717, 1.165) is 5.56 Å². The van der Waals surface area contributed by atoms with Crippen LogP contribution in [-0.4, -0.2) is 17.6 Å². The molecular weight excluding hydrogens is 276 g/mol. The second kappa shape index (κ2) is 6.30. The van der Waals surface area contributed by atoms with E-state index in [1.807, 2.05) is 24.3 Å². The molecule has 0 aromatic heterocycles. The Labute approximate surface area is 122 Å². The average Bonchev–Trinajstić information content (AvgIpc) is 2.43.